The first-order chi connectivity index (χ1) is 61.2. The third kappa shape index (κ3) is 24.5. The summed E-state index contributed by atoms with van der Waals surface area (Å²) in [5.41, 5.74) is 6.51. The van der Waals surface area contributed by atoms with Crippen molar-refractivity contribution < 1.29 is 59.7 Å². The van der Waals surface area contributed by atoms with Crippen molar-refractivity contribution in [3.8, 4) is 5.69 Å². The van der Waals surface area contributed by atoms with Crippen molar-refractivity contribution in [2.24, 2.45) is 5.92 Å². The molecule has 0 amide bonds. The molecule has 15 heterocycles. The lowest BCUT2D eigenvalue weighted by Crippen LogP contribution is -2.24. The summed E-state index contributed by atoms with van der Waals surface area (Å²) in [6, 6.07) is 62.2. The van der Waals surface area contributed by atoms with Gasteiger partial charge in [-0.1, -0.05) is 66.7 Å². The second-order valence-corrected chi connectivity index (χ2v) is 28.6. The second-order valence-electron chi connectivity index (χ2n) is 26.8. The van der Waals surface area contributed by atoms with Crippen LogP contribution in [0.1, 0.15) is 157 Å². The summed E-state index contributed by atoms with van der Waals surface area (Å²) in [6.07, 6.45) is 51.6. The van der Waals surface area contributed by atoms with Crippen molar-refractivity contribution in [3.05, 3.63) is 417 Å². The molecular weight excluding hydrogens is 1650 g/mol. The third-order valence-corrected chi connectivity index (χ3v) is 19.6. The van der Waals surface area contributed by atoms with Crippen LogP contribution in [0.3, 0.4) is 0 Å². The van der Waals surface area contributed by atoms with Gasteiger partial charge in [-0.2, -0.15) is 35.7 Å². The molecule has 15 aromatic heterocycles. The number of nitrogens with zero attached hydrogens (tertiary/aromatic N) is 14. The van der Waals surface area contributed by atoms with Crippen LogP contribution >= 0.6 is 34.5 Å². The molecule has 1 saturated carbocycles. The number of benzene rings is 3. The Bertz CT molecular complexity index is 6480. The molecular formula is C95H74Cl2N14O13S. The molecule has 0 saturated heterocycles. The van der Waals surface area contributed by atoms with Crippen molar-refractivity contribution in [2.75, 3.05) is 0 Å². The van der Waals surface area contributed by atoms with Gasteiger partial charge in [-0.25, -0.2) is 32.8 Å². The van der Waals surface area contributed by atoms with E-state index in [1.165, 1.54) is 52.1 Å². The van der Waals surface area contributed by atoms with Crippen LogP contribution in [0, 0.1) is 5.92 Å². The molecule has 0 bridgehead atoms. The molecule has 0 unspecified atom stereocenters. The summed E-state index contributed by atoms with van der Waals surface area (Å²) in [5, 5.41) is 32.3. The van der Waals surface area contributed by atoms with Crippen LogP contribution in [0.15, 0.2) is 342 Å². The molecule has 0 spiro atoms. The van der Waals surface area contributed by atoms with Crippen LogP contribution in [0.2, 0.25) is 10.0 Å². The summed E-state index contributed by atoms with van der Waals surface area (Å²) in [5.74, 6) is 3.86. The van der Waals surface area contributed by atoms with Gasteiger partial charge < -0.3 is 30.9 Å². The fourth-order valence-electron chi connectivity index (χ4n) is 12.0. The topological polar surface area (TPSA) is 319 Å². The van der Waals surface area contributed by atoms with Gasteiger partial charge in [0.2, 0.25) is 5.91 Å². The lowest BCUT2D eigenvalue weighted by Gasteiger charge is -2.19. The fraction of sp³-hybridized carbons (Fsp3) is 0.0632. The maximum atomic E-state index is 12.5. The smallest absolute Gasteiger partial charge is 0.313 e. The minimum absolute atomic E-state index is 0.118. The standard InChI is InChI=1S/C19H14N4O2.2C16H11ClN2O2.C16H18N2O2.C14H10N2O3.C14H10N2O2S/c24-19(15-4-7-17(8-5-15)22-12-2-11-20-22)23-13-10-16(21-23)6-9-18-3-1-14-25-18;17-13-4-1-3-12(11-13)16(20)19-9-8-14(18-19)6-7-15-5-2-10-21-15;17-15-6-2-1-5-14(15)16(20)19-10-9-12(18-19)7-8-13-4-3-11-21-13;19-16(13-5-2-1-3-6-13)18-11-10-14(17-18)8-9-15-7-4-12-20-15;2*17-14(13-4-2-10-19-13)16-8-7-11(15-16)5-6-12-3-1-9-18-12/h1-14H;2*1-11H;4,7-13H,1-3,5-6H2;2*1-10H/b9-6+;7-6+;8-7+;9-8+;2*6-5+. The average Bonchev–Trinajstić information content (AvgIpc) is 1.76. The van der Waals surface area contributed by atoms with Gasteiger partial charge in [-0.05, 0) is 279 Å². The second kappa shape index (κ2) is 43.2. The lowest BCUT2D eigenvalue weighted by molar-refractivity contribution is 0.0782. The molecule has 18 aromatic rings. The predicted molar refractivity (Wildman–Crippen MR) is 475 cm³/mol. The van der Waals surface area contributed by atoms with Crippen molar-refractivity contribution in [1.82, 2.24) is 68.5 Å². The SMILES string of the molecule is O=C(C1CCCCC1)n1ccc(/C=C/c2ccco2)n1.O=C(c1ccc(-n2cccn2)cc1)n1ccc(/C=C/c2ccco2)n1.O=C(c1cccc(Cl)c1)n1ccc(/C=C/c2ccco2)n1.O=C(c1ccccc1Cl)n1ccc(/C=C/c2ccco2)n1.O=C(c1ccco1)n1ccc(/C=C/c2ccco2)n1.O=C(c1cccs1)n1ccc(/C=C/c2ccco2)n1. The zero-order chi connectivity index (χ0) is 86.3. The Hall–Kier alpha value is -16.2. The number of aromatic nitrogens is 14. The van der Waals surface area contributed by atoms with E-state index in [1.807, 2.05) is 115 Å². The van der Waals surface area contributed by atoms with Crippen molar-refractivity contribution in [3.63, 3.8) is 0 Å². The Balaban J connectivity index is 0.000000122. The molecule has 3 aromatic carbocycles. The third-order valence-electron chi connectivity index (χ3n) is 18.2. The molecule has 0 N–H and O–H groups in total. The average molecular weight is 1720 g/mol. The van der Waals surface area contributed by atoms with E-state index < -0.39 is 0 Å². The molecule has 30 heteroatoms. The molecule has 1 fully saturated rings. The quantitative estimate of drug-likeness (QED) is 0.0726. The first-order valence-corrected chi connectivity index (χ1v) is 40.5. The molecule has 27 nitrogen and oxygen atoms in total. The summed E-state index contributed by atoms with van der Waals surface area (Å²) < 4.78 is 45.9. The molecule has 1 aliphatic rings. The Morgan fingerprint density at radius 3 is 1.13 bits per heavy atom. The van der Waals surface area contributed by atoms with E-state index in [-0.39, 0.29) is 47.1 Å². The number of hydrogen-bond acceptors (Lipinski definition) is 21. The predicted octanol–water partition coefficient (Wildman–Crippen LogP) is 21.7. The monoisotopic (exact) mass is 1720 g/mol. The minimum atomic E-state index is -0.303. The molecule has 1 aliphatic carbocycles. The Kier molecular flexibility index (Phi) is 29.4. The molecule has 19 rings (SSSR count). The number of carbonyl (C=O) groups excluding carboxylic acids is 6. The molecule has 622 valence electrons. The van der Waals surface area contributed by atoms with Gasteiger partial charge in [0.05, 0.1) is 99.2 Å². The summed E-state index contributed by atoms with van der Waals surface area (Å²) in [7, 11) is 0. The van der Waals surface area contributed by atoms with Crippen LogP contribution in [0.4, 0.5) is 0 Å². The summed E-state index contributed by atoms with van der Waals surface area (Å²) in [6.45, 7) is 0. The number of furan rings is 7. The van der Waals surface area contributed by atoms with E-state index >= 15 is 0 Å². The van der Waals surface area contributed by atoms with E-state index in [9.17, 15) is 28.8 Å². The molecule has 0 aliphatic heterocycles. The van der Waals surface area contributed by atoms with Gasteiger partial charge in [0.15, 0.2) is 5.76 Å². The molecule has 0 radical (unpaired) electrons. The maximum absolute atomic E-state index is 12.5. The van der Waals surface area contributed by atoms with Gasteiger partial charge in [0.1, 0.15) is 34.6 Å². The van der Waals surface area contributed by atoms with Crippen LogP contribution in [-0.2, 0) is 0 Å². The number of hydrogen-bond donors (Lipinski definition) is 0. The first kappa shape index (κ1) is 85.3. The Morgan fingerprint density at radius 2 is 0.736 bits per heavy atom. The van der Waals surface area contributed by atoms with E-state index in [1.54, 1.807) is 268 Å². The van der Waals surface area contributed by atoms with E-state index in [4.69, 9.17) is 54.1 Å². The normalized spacial score (nSPS) is 12.0. The van der Waals surface area contributed by atoms with E-state index in [2.05, 4.69) is 35.7 Å². The van der Waals surface area contributed by atoms with Gasteiger partial charge in [0.25, 0.3) is 23.6 Å². The highest BCUT2D eigenvalue weighted by Gasteiger charge is 2.24. The first-order valence-electron chi connectivity index (χ1n) is 38.8. The highest BCUT2D eigenvalue weighted by Crippen LogP contribution is 2.26. The van der Waals surface area contributed by atoms with Crippen LogP contribution in [0.5, 0.6) is 0 Å². The number of halogens is 2. The van der Waals surface area contributed by atoms with Crippen LogP contribution in [-0.4, -0.2) is 104 Å². The fourth-order valence-corrected chi connectivity index (χ4v) is 13.0. The minimum Gasteiger partial charge on any atom is -0.465 e. The zero-order valence-electron chi connectivity index (χ0n) is 66.2. The van der Waals surface area contributed by atoms with E-state index in [0.717, 1.165) is 71.6 Å². The van der Waals surface area contributed by atoms with Gasteiger partial charge in [-0.3, -0.25) is 28.8 Å². The highest BCUT2D eigenvalue weighted by molar-refractivity contribution is 7.12. The van der Waals surface area contributed by atoms with Gasteiger partial charge in [-0.15, -0.1) is 11.3 Å². The highest BCUT2D eigenvalue weighted by atomic mass is 35.5. The molecule has 0 atom stereocenters. The van der Waals surface area contributed by atoms with Crippen LogP contribution in [0.25, 0.3) is 78.6 Å². The van der Waals surface area contributed by atoms with Crippen molar-refractivity contribution in [2.45, 2.75) is 32.1 Å². The maximum Gasteiger partial charge on any atom is 0.313 e. The number of carbonyl (C=O) groups is 6. The molecule has 125 heavy (non-hydrogen) atoms. The number of thiophene rings is 1. The summed E-state index contributed by atoms with van der Waals surface area (Å²) >= 11 is 13.3. The Labute approximate surface area is 727 Å². The Morgan fingerprint density at radius 1 is 0.336 bits per heavy atom. The van der Waals surface area contributed by atoms with Gasteiger partial charge >= 0.3 is 5.91 Å². The van der Waals surface area contributed by atoms with Crippen molar-refractivity contribution in [1.29, 1.82) is 0 Å². The van der Waals surface area contributed by atoms with Crippen LogP contribution < -0.4 is 0 Å². The number of rotatable bonds is 19. The largest absolute Gasteiger partial charge is 0.465 e. The van der Waals surface area contributed by atoms with Gasteiger partial charge in [0, 0.05) is 71.6 Å². The van der Waals surface area contributed by atoms with Crippen molar-refractivity contribution >= 4 is 143 Å². The zero-order valence-corrected chi connectivity index (χ0v) is 68.5. The lowest BCUT2D eigenvalue weighted by atomic mass is 9.89. The summed E-state index contributed by atoms with van der Waals surface area (Å²) in [4.78, 5) is 74.0. The van der Waals surface area contributed by atoms with E-state index in [0.29, 0.717) is 60.1 Å².